The monoisotopic (exact) mass is 489 g/mol. The predicted molar refractivity (Wildman–Crippen MR) is 152 cm³/mol. The first-order valence-electron chi connectivity index (χ1n) is 12.5. The maximum atomic E-state index is 13.8. The largest absolute Gasteiger partial charge is 0.456 e. The molecular formula is C34H19NO3. The van der Waals surface area contributed by atoms with E-state index in [0.29, 0.717) is 22.2 Å². The average Bonchev–Trinajstić information content (AvgIpc) is 3.33. The molecule has 0 radical (unpaired) electrons. The van der Waals surface area contributed by atoms with E-state index in [1.807, 2.05) is 103 Å². The highest BCUT2D eigenvalue weighted by Gasteiger charge is 2.34. The molecule has 0 saturated carbocycles. The molecule has 0 saturated heterocycles. The number of amides is 2. The molecular weight excluding hydrogens is 470 g/mol. The number of benzene rings is 6. The van der Waals surface area contributed by atoms with Crippen LogP contribution in [-0.2, 0) is 0 Å². The second kappa shape index (κ2) is 7.64. The maximum Gasteiger partial charge on any atom is 0.265 e. The fourth-order valence-corrected chi connectivity index (χ4v) is 5.79. The van der Waals surface area contributed by atoms with Gasteiger partial charge < -0.3 is 4.42 Å². The minimum atomic E-state index is -0.309. The normalized spacial score (nSPS) is 13.3. The van der Waals surface area contributed by atoms with Gasteiger partial charge in [-0.3, -0.25) is 9.59 Å². The molecule has 0 fully saturated rings. The Morgan fingerprint density at radius 2 is 1.21 bits per heavy atom. The molecule has 1 aromatic heterocycles. The van der Waals surface area contributed by atoms with Crippen LogP contribution in [0.5, 0.6) is 0 Å². The molecule has 0 unspecified atom stereocenters. The molecule has 1 aliphatic heterocycles. The van der Waals surface area contributed by atoms with Gasteiger partial charge in [0.15, 0.2) is 0 Å². The highest BCUT2D eigenvalue weighted by molar-refractivity contribution is 6.36. The van der Waals surface area contributed by atoms with Crippen LogP contribution in [0.15, 0.2) is 120 Å². The zero-order valence-electron chi connectivity index (χ0n) is 20.1. The molecule has 7 aromatic rings. The summed E-state index contributed by atoms with van der Waals surface area (Å²) in [6.07, 6.45) is 0. The van der Waals surface area contributed by atoms with Gasteiger partial charge in [0.1, 0.15) is 11.2 Å². The van der Waals surface area contributed by atoms with E-state index in [4.69, 9.17) is 4.42 Å². The van der Waals surface area contributed by atoms with Crippen LogP contribution < -0.4 is 4.90 Å². The number of imide groups is 1. The molecule has 0 atom stereocenters. The first-order valence-corrected chi connectivity index (χ1v) is 12.5. The molecule has 178 valence electrons. The van der Waals surface area contributed by atoms with Gasteiger partial charge >= 0.3 is 0 Å². The standard InChI is InChI=1S/C34H19NO3/c36-33-27-10-5-9-26-24(22-13-17-31-29(19-22)25-8-3-4-11-30(25)38-31)15-16-28(32(26)27)34(37)35(33)23-14-12-20-6-1-2-7-21(20)18-23/h1-19H. The number of para-hydroxylation sites is 1. The number of nitrogens with zero attached hydrogens (tertiary/aromatic N) is 1. The van der Waals surface area contributed by atoms with Crippen molar-refractivity contribution < 1.29 is 14.0 Å². The lowest BCUT2D eigenvalue weighted by molar-refractivity contribution is 0.0893. The zero-order valence-corrected chi connectivity index (χ0v) is 20.1. The first kappa shape index (κ1) is 20.9. The van der Waals surface area contributed by atoms with Gasteiger partial charge in [-0.1, -0.05) is 72.8 Å². The molecule has 0 N–H and O–H groups in total. The number of rotatable bonds is 2. The van der Waals surface area contributed by atoms with Crippen molar-refractivity contribution in [3.05, 3.63) is 126 Å². The van der Waals surface area contributed by atoms with Gasteiger partial charge in [-0.05, 0) is 69.8 Å². The van der Waals surface area contributed by atoms with Gasteiger partial charge in [0, 0.05) is 27.3 Å². The van der Waals surface area contributed by atoms with Gasteiger partial charge in [0.05, 0.1) is 5.69 Å². The van der Waals surface area contributed by atoms with Crippen LogP contribution in [0, 0.1) is 0 Å². The lowest BCUT2D eigenvalue weighted by atomic mass is 9.88. The smallest absolute Gasteiger partial charge is 0.265 e. The SMILES string of the molecule is O=C1c2cccc3c(-c4ccc5oc6ccccc6c5c4)ccc(c23)C(=O)N1c1ccc2ccccc2c1. The van der Waals surface area contributed by atoms with Gasteiger partial charge in [0.25, 0.3) is 11.8 Å². The summed E-state index contributed by atoms with van der Waals surface area (Å²) in [6.45, 7) is 0. The molecule has 8 rings (SSSR count). The second-order valence-corrected chi connectivity index (χ2v) is 9.68. The summed E-state index contributed by atoms with van der Waals surface area (Å²) < 4.78 is 6.01. The Morgan fingerprint density at radius 3 is 2.11 bits per heavy atom. The molecule has 6 aromatic carbocycles. The number of hydrogen-bond acceptors (Lipinski definition) is 3. The summed E-state index contributed by atoms with van der Waals surface area (Å²) >= 11 is 0. The molecule has 2 amide bonds. The van der Waals surface area contributed by atoms with Crippen LogP contribution in [0.2, 0.25) is 0 Å². The van der Waals surface area contributed by atoms with Gasteiger partial charge in [-0.2, -0.15) is 0 Å². The van der Waals surface area contributed by atoms with Crippen LogP contribution in [0.4, 0.5) is 5.69 Å². The molecule has 1 aliphatic rings. The van der Waals surface area contributed by atoms with Crippen LogP contribution in [0.1, 0.15) is 20.7 Å². The second-order valence-electron chi connectivity index (χ2n) is 9.68. The van der Waals surface area contributed by atoms with E-state index in [9.17, 15) is 9.59 Å². The number of anilines is 1. The lowest BCUT2D eigenvalue weighted by Gasteiger charge is -2.28. The van der Waals surface area contributed by atoms with Crippen LogP contribution in [0.3, 0.4) is 0 Å². The number of hydrogen-bond donors (Lipinski definition) is 0. The average molecular weight is 490 g/mol. The van der Waals surface area contributed by atoms with Crippen molar-refractivity contribution in [2.45, 2.75) is 0 Å². The Balaban J connectivity index is 1.31. The summed E-state index contributed by atoms with van der Waals surface area (Å²) in [4.78, 5) is 28.9. The Labute approximate surface area is 217 Å². The Hall–Kier alpha value is -5.22. The van der Waals surface area contributed by atoms with Crippen LogP contribution >= 0.6 is 0 Å². The molecule has 4 nitrogen and oxygen atoms in total. The van der Waals surface area contributed by atoms with Crippen molar-refractivity contribution in [1.29, 1.82) is 0 Å². The fraction of sp³-hybridized carbons (Fsp3) is 0. The third kappa shape index (κ3) is 2.86. The summed E-state index contributed by atoms with van der Waals surface area (Å²) in [5.74, 6) is -0.617. The van der Waals surface area contributed by atoms with E-state index in [2.05, 4.69) is 12.1 Å². The van der Waals surface area contributed by atoms with Crippen molar-refractivity contribution >= 4 is 61.0 Å². The molecule has 4 heteroatoms. The van der Waals surface area contributed by atoms with E-state index < -0.39 is 0 Å². The highest BCUT2D eigenvalue weighted by atomic mass is 16.3. The molecule has 0 bridgehead atoms. The van der Waals surface area contributed by atoms with Crippen molar-refractivity contribution in [1.82, 2.24) is 0 Å². The minimum absolute atomic E-state index is 0.309. The number of furan rings is 1. The van der Waals surface area contributed by atoms with Crippen molar-refractivity contribution in [3.8, 4) is 11.1 Å². The molecule has 38 heavy (non-hydrogen) atoms. The quantitative estimate of drug-likeness (QED) is 0.229. The van der Waals surface area contributed by atoms with Crippen LogP contribution in [-0.4, -0.2) is 11.8 Å². The Bertz CT molecular complexity index is 2110. The Kier molecular flexibility index (Phi) is 4.21. The van der Waals surface area contributed by atoms with Crippen molar-refractivity contribution in [2.75, 3.05) is 4.90 Å². The van der Waals surface area contributed by atoms with Crippen molar-refractivity contribution in [2.24, 2.45) is 0 Å². The summed E-state index contributed by atoms with van der Waals surface area (Å²) in [5, 5.41) is 5.72. The number of carbonyl (C=O) groups excluding carboxylic acids is 2. The molecule has 0 spiro atoms. The number of fused-ring (bicyclic) bond motifs is 4. The topological polar surface area (TPSA) is 50.5 Å². The van der Waals surface area contributed by atoms with E-state index in [1.165, 1.54) is 4.90 Å². The third-order valence-corrected chi connectivity index (χ3v) is 7.59. The van der Waals surface area contributed by atoms with E-state index in [-0.39, 0.29) is 11.8 Å². The van der Waals surface area contributed by atoms with Gasteiger partial charge in [-0.25, -0.2) is 4.90 Å². The van der Waals surface area contributed by atoms with E-state index in [1.54, 1.807) is 0 Å². The maximum absolute atomic E-state index is 13.8. The lowest BCUT2D eigenvalue weighted by Crippen LogP contribution is -2.40. The summed E-state index contributed by atoms with van der Waals surface area (Å²) in [5.41, 5.74) is 5.28. The Morgan fingerprint density at radius 1 is 0.500 bits per heavy atom. The van der Waals surface area contributed by atoms with Gasteiger partial charge in [0.2, 0.25) is 0 Å². The van der Waals surface area contributed by atoms with Gasteiger partial charge in [-0.15, -0.1) is 0 Å². The highest BCUT2D eigenvalue weighted by Crippen LogP contribution is 2.40. The minimum Gasteiger partial charge on any atom is -0.456 e. The number of carbonyl (C=O) groups is 2. The van der Waals surface area contributed by atoms with E-state index in [0.717, 1.165) is 49.2 Å². The predicted octanol–water partition coefficient (Wildman–Crippen LogP) is 8.36. The summed E-state index contributed by atoms with van der Waals surface area (Å²) in [6, 6.07) is 37.3. The third-order valence-electron chi connectivity index (χ3n) is 7.59. The van der Waals surface area contributed by atoms with Crippen molar-refractivity contribution in [3.63, 3.8) is 0 Å². The van der Waals surface area contributed by atoms with E-state index >= 15 is 0 Å². The van der Waals surface area contributed by atoms with Crippen LogP contribution in [0.25, 0.3) is 54.6 Å². The molecule has 2 heterocycles. The zero-order chi connectivity index (χ0) is 25.4. The fourth-order valence-electron chi connectivity index (χ4n) is 5.79. The first-order chi connectivity index (χ1) is 18.7. The molecule has 0 aliphatic carbocycles. The summed E-state index contributed by atoms with van der Waals surface area (Å²) in [7, 11) is 0.